The number of carbonyl (C=O) groups excluding carboxylic acids is 1. The highest BCUT2D eigenvalue weighted by atomic mass is 35.5. The predicted octanol–water partition coefficient (Wildman–Crippen LogP) is 4.68. The molecule has 1 aliphatic heterocycles. The molecule has 1 aromatic heterocycles. The normalized spacial score (nSPS) is 14.7. The van der Waals surface area contributed by atoms with Crippen LogP contribution in [0.15, 0.2) is 47.3 Å². The number of hydrogen-bond donors (Lipinski definition) is 1. The number of alkyl halides is 3. The third-order valence-electron chi connectivity index (χ3n) is 4.87. The van der Waals surface area contributed by atoms with E-state index in [1.54, 1.807) is 29.2 Å². The highest BCUT2D eigenvalue weighted by Crippen LogP contribution is 2.33. The van der Waals surface area contributed by atoms with Crippen LogP contribution in [0.2, 0.25) is 5.02 Å². The molecule has 11 heteroatoms. The van der Waals surface area contributed by atoms with Gasteiger partial charge in [-0.2, -0.15) is 18.2 Å². The minimum Gasteiger partial charge on any atom is -0.344 e. The Morgan fingerprint density at radius 2 is 1.74 bits per heavy atom. The zero-order chi connectivity index (χ0) is 22.2. The first-order valence-electron chi connectivity index (χ1n) is 9.29. The lowest BCUT2D eigenvalue weighted by atomic mass is 10.2. The lowest BCUT2D eigenvalue weighted by Gasteiger charge is -2.34. The summed E-state index contributed by atoms with van der Waals surface area (Å²) in [6.07, 6.45) is -4.52. The first-order valence-corrected chi connectivity index (χ1v) is 10.5. The SMILES string of the molecule is O=C(Nc1ccc(Cl)cc1)N1CCN(c2nc(=O)c3cc(C(F)(F)F)ccc3s2)CC1. The van der Waals surface area contributed by atoms with Crippen molar-refractivity contribution in [1.82, 2.24) is 9.88 Å². The van der Waals surface area contributed by atoms with Crippen molar-refractivity contribution in [2.45, 2.75) is 6.18 Å². The Bertz CT molecular complexity index is 1180. The fourth-order valence-corrected chi connectivity index (χ4v) is 4.36. The van der Waals surface area contributed by atoms with Gasteiger partial charge in [-0.3, -0.25) is 4.79 Å². The Kier molecular flexibility index (Phi) is 5.76. The number of rotatable bonds is 2. The van der Waals surface area contributed by atoms with Crippen molar-refractivity contribution >= 4 is 49.9 Å². The Labute approximate surface area is 183 Å². The van der Waals surface area contributed by atoms with Gasteiger partial charge in [0.15, 0.2) is 5.13 Å². The number of nitrogens with one attached hydrogen (secondary N) is 1. The number of hydrogen-bond acceptors (Lipinski definition) is 5. The molecule has 0 saturated carbocycles. The zero-order valence-electron chi connectivity index (χ0n) is 15.9. The van der Waals surface area contributed by atoms with E-state index in [-0.39, 0.29) is 11.4 Å². The average molecular weight is 469 g/mol. The van der Waals surface area contributed by atoms with Crippen molar-refractivity contribution in [3.8, 4) is 0 Å². The van der Waals surface area contributed by atoms with Crippen molar-refractivity contribution in [3.05, 3.63) is 63.4 Å². The van der Waals surface area contributed by atoms with Gasteiger partial charge in [-0.1, -0.05) is 22.9 Å². The molecule has 1 fully saturated rings. The summed E-state index contributed by atoms with van der Waals surface area (Å²) in [4.78, 5) is 32.3. The number of amides is 2. The van der Waals surface area contributed by atoms with Crippen molar-refractivity contribution in [3.63, 3.8) is 0 Å². The minimum atomic E-state index is -4.52. The summed E-state index contributed by atoms with van der Waals surface area (Å²) in [5.74, 6) is 0. The van der Waals surface area contributed by atoms with Gasteiger partial charge in [0, 0.05) is 41.6 Å². The Balaban J connectivity index is 1.45. The second kappa shape index (κ2) is 8.35. The lowest BCUT2D eigenvalue weighted by Crippen LogP contribution is -2.50. The third kappa shape index (κ3) is 4.75. The van der Waals surface area contributed by atoms with Gasteiger partial charge in [0.05, 0.1) is 10.9 Å². The number of benzene rings is 2. The molecule has 2 aromatic carbocycles. The first-order chi connectivity index (χ1) is 14.7. The predicted molar refractivity (Wildman–Crippen MR) is 115 cm³/mol. The molecule has 0 radical (unpaired) electrons. The highest BCUT2D eigenvalue weighted by molar-refractivity contribution is 7.21. The van der Waals surface area contributed by atoms with Gasteiger partial charge in [0.25, 0.3) is 5.56 Å². The van der Waals surface area contributed by atoms with Gasteiger partial charge >= 0.3 is 12.2 Å². The largest absolute Gasteiger partial charge is 0.416 e. The van der Waals surface area contributed by atoms with Crippen LogP contribution in [-0.2, 0) is 6.18 Å². The maximum atomic E-state index is 12.9. The molecule has 1 aliphatic rings. The van der Waals surface area contributed by atoms with Crippen LogP contribution in [0.3, 0.4) is 0 Å². The number of carbonyl (C=O) groups is 1. The van der Waals surface area contributed by atoms with E-state index in [1.165, 1.54) is 6.07 Å². The molecule has 6 nitrogen and oxygen atoms in total. The van der Waals surface area contributed by atoms with Gasteiger partial charge < -0.3 is 15.1 Å². The molecule has 1 N–H and O–H groups in total. The van der Waals surface area contributed by atoms with E-state index in [1.807, 2.05) is 4.90 Å². The number of anilines is 2. The fraction of sp³-hybridized carbons (Fsp3) is 0.250. The van der Waals surface area contributed by atoms with E-state index in [0.717, 1.165) is 23.5 Å². The van der Waals surface area contributed by atoms with Crippen LogP contribution in [0.1, 0.15) is 5.56 Å². The summed E-state index contributed by atoms with van der Waals surface area (Å²) in [6, 6.07) is 9.62. The number of fused-ring (bicyclic) bond motifs is 1. The smallest absolute Gasteiger partial charge is 0.344 e. The van der Waals surface area contributed by atoms with E-state index < -0.39 is 17.3 Å². The van der Waals surface area contributed by atoms with Gasteiger partial charge in [-0.25, -0.2) is 4.79 Å². The lowest BCUT2D eigenvalue weighted by molar-refractivity contribution is -0.137. The minimum absolute atomic E-state index is 0.0513. The van der Waals surface area contributed by atoms with Crippen LogP contribution in [0.4, 0.5) is 28.8 Å². The van der Waals surface area contributed by atoms with Gasteiger partial charge in [0.1, 0.15) is 0 Å². The number of aromatic nitrogens is 1. The van der Waals surface area contributed by atoms with Crippen LogP contribution >= 0.6 is 22.9 Å². The molecular formula is C20H16ClF3N4O2S. The quantitative estimate of drug-likeness (QED) is 0.593. The number of nitrogens with zero attached hydrogens (tertiary/aromatic N) is 3. The Morgan fingerprint density at radius 3 is 2.39 bits per heavy atom. The molecule has 0 unspecified atom stereocenters. The summed E-state index contributed by atoms with van der Waals surface area (Å²) < 4.78 is 39.1. The van der Waals surface area contributed by atoms with Crippen molar-refractivity contribution < 1.29 is 18.0 Å². The van der Waals surface area contributed by atoms with E-state index in [0.29, 0.717) is 46.7 Å². The molecule has 0 spiro atoms. The summed E-state index contributed by atoms with van der Waals surface area (Å²) in [5.41, 5.74) is -0.943. The van der Waals surface area contributed by atoms with E-state index in [9.17, 15) is 22.8 Å². The molecular weight excluding hydrogens is 453 g/mol. The van der Waals surface area contributed by atoms with E-state index in [2.05, 4.69) is 10.3 Å². The van der Waals surface area contributed by atoms with E-state index >= 15 is 0 Å². The highest BCUT2D eigenvalue weighted by Gasteiger charge is 2.31. The Morgan fingerprint density at radius 1 is 1.06 bits per heavy atom. The van der Waals surface area contributed by atoms with E-state index in [4.69, 9.17) is 11.6 Å². The van der Waals surface area contributed by atoms with Crippen LogP contribution in [0, 0.1) is 0 Å². The number of piperazine rings is 1. The molecule has 162 valence electrons. The monoisotopic (exact) mass is 468 g/mol. The van der Waals surface area contributed by atoms with Crippen molar-refractivity contribution in [1.29, 1.82) is 0 Å². The van der Waals surface area contributed by atoms with Gasteiger partial charge in [-0.15, -0.1) is 0 Å². The fourth-order valence-electron chi connectivity index (χ4n) is 3.20. The van der Waals surface area contributed by atoms with Crippen LogP contribution in [-0.4, -0.2) is 42.1 Å². The summed E-state index contributed by atoms with van der Waals surface area (Å²) >= 11 is 7.00. The zero-order valence-corrected chi connectivity index (χ0v) is 17.5. The van der Waals surface area contributed by atoms with Gasteiger partial charge in [-0.05, 0) is 42.5 Å². The maximum Gasteiger partial charge on any atom is 0.416 e. The molecule has 2 heterocycles. The standard InChI is InChI=1S/C20H16ClF3N4O2S/c21-13-2-4-14(5-3-13)25-18(30)27-7-9-28(10-8-27)19-26-17(29)15-11-12(20(22,23)24)1-6-16(15)31-19/h1-6,11H,7-10H2,(H,25,30). The second-order valence-electron chi connectivity index (χ2n) is 6.92. The first kappa shape index (κ1) is 21.4. The molecule has 31 heavy (non-hydrogen) atoms. The summed E-state index contributed by atoms with van der Waals surface area (Å²) in [5, 5.41) is 3.75. The maximum absolute atomic E-state index is 12.9. The molecule has 0 atom stereocenters. The summed E-state index contributed by atoms with van der Waals surface area (Å²) in [6.45, 7) is 1.71. The molecule has 4 rings (SSSR count). The number of halogens is 4. The Hall–Kier alpha value is -2.85. The molecule has 3 aromatic rings. The second-order valence-corrected chi connectivity index (χ2v) is 8.37. The number of urea groups is 1. The molecule has 2 amide bonds. The molecule has 0 aliphatic carbocycles. The average Bonchev–Trinajstić information content (AvgIpc) is 2.74. The van der Waals surface area contributed by atoms with Crippen LogP contribution < -0.4 is 15.8 Å². The van der Waals surface area contributed by atoms with Crippen LogP contribution in [0.5, 0.6) is 0 Å². The van der Waals surface area contributed by atoms with Gasteiger partial charge in [0.2, 0.25) is 0 Å². The third-order valence-corrected chi connectivity index (χ3v) is 6.23. The molecule has 1 saturated heterocycles. The topological polar surface area (TPSA) is 65.5 Å². The van der Waals surface area contributed by atoms with Crippen molar-refractivity contribution in [2.24, 2.45) is 0 Å². The van der Waals surface area contributed by atoms with Crippen molar-refractivity contribution in [2.75, 3.05) is 36.4 Å². The summed E-state index contributed by atoms with van der Waals surface area (Å²) in [7, 11) is 0. The molecule has 0 bridgehead atoms. The van der Waals surface area contributed by atoms with Crippen LogP contribution in [0.25, 0.3) is 10.1 Å².